The van der Waals surface area contributed by atoms with Crippen LogP contribution in [-0.4, -0.2) is 14.5 Å². The van der Waals surface area contributed by atoms with E-state index in [4.69, 9.17) is 9.72 Å². The predicted octanol–water partition coefficient (Wildman–Crippen LogP) is 12.0. The van der Waals surface area contributed by atoms with Crippen LogP contribution >= 0.6 is 11.3 Å². The molecule has 0 unspecified atom stereocenters. The molecule has 0 spiro atoms. The Morgan fingerprint density at radius 1 is 0.679 bits per heavy atom. The smallest absolute Gasteiger partial charge is 0.135 e. The second kappa shape index (κ2) is 12.9. The van der Waals surface area contributed by atoms with Crippen molar-refractivity contribution >= 4 is 76.1 Å². The van der Waals surface area contributed by atoms with Gasteiger partial charge in [-0.2, -0.15) is 12.1 Å². The van der Waals surface area contributed by atoms with Crippen LogP contribution in [0.2, 0.25) is 0 Å². The summed E-state index contributed by atoms with van der Waals surface area (Å²) < 4.78 is 11.2. The monoisotopic (exact) mass is 885 g/mol. The number of para-hydroxylation sites is 1. The third-order valence-electron chi connectivity index (χ3n) is 9.80. The zero-order valence-corrected chi connectivity index (χ0v) is 32.2. The van der Waals surface area contributed by atoms with Gasteiger partial charge in [-0.15, -0.1) is 59.4 Å². The normalized spacial score (nSPS) is 12.9. The van der Waals surface area contributed by atoms with Crippen LogP contribution in [0.25, 0.3) is 47.8 Å². The average molecular weight is 886 g/mol. The van der Waals surface area contributed by atoms with E-state index in [2.05, 4.69) is 144 Å². The van der Waals surface area contributed by atoms with E-state index >= 15 is 0 Å². The largest absolute Gasteiger partial charge is 0.509 e. The van der Waals surface area contributed by atoms with Crippen molar-refractivity contribution in [3.8, 4) is 17.3 Å². The number of benzene rings is 5. The molecular formula is C45H32N5OPtS-3. The molecule has 0 radical (unpaired) electrons. The minimum absolute atomic E-state index is 0. The van der Waals surface area contributed by atoms with Gasteiger partial charge < -0.3 is 19.1 Å². The zero-order valence-electron chi connectivity index (χ0n) is 29.1. The van der Waals surface area contributed by atoms with Crippen LogP contribution in [0.1, 0.15) is 26.3 Å². The average Bonchev–Trinajstić information content (AvgIpc) is 3.84. The van der Waals surface area contributed by atoms with Crippen LogP contribution in [-0.2, 0) is 26.5 Å². The summed E-state index contributed by atoms with van der Waals surface area (Å²) in [6, 6.07) is 47.2. The Balaban J connectivity index is 0.00000372. The van der Waals surface area contributed by atoms with Crippen LogP contribution < -0.4 is 14.5 Å². The first-order valence-corrected chi connectivity index (χ1v) is 18.1. The molecule has 10 rings (SSSR count). The number of fused-ring (bicyclic) bond motifs is 7. The van der Waals surface area contributed by atoms with E-state index in [0.29, 0.717) is 11.5 Å². The molecule has 0 amide bonds. The van der Waals surface area contributed by atoms with Gasteiger partial charge in [-0.05, 0) is 58.8 Å². The molecule has 0 bridgehead atoms. The van der Waals surface area contributed by atoms with Gasteiger partial charge in [0.05, 0.1) is 11.9 Å². The van der Waals surface area contributed by atoms with Gasteiger partial charge in [-0.3, -0.25) is 4.98 Å². The molecule has 0 atom stereocenters. The first-order valence-electron chi connectivity index (χ1n) is 17.3. The SMILES string of the molecule is CC(C)(C)c1ccnc(-n2c3[c-]c(Oc4[c-]c(N5[CH-]N(c6ccc7c(c6)sc6ccccc67)c6cnccc65)ccc4)ccc3c3ccccc32)c1.[Pt]. The van der Waals surface area contributed by atoms with Crippen LogP contribution in [0, 0.1) is 18.8 Å². The van der Waals surface area contributed by atoms with Crippen molar-refractivity contribution in [2.45, 2.75) is 26.2 Å². The second-order valence-corrected chi connectivity index (χ2v) is 15.2. The molecule has 0 saturated carbocycles. The molecule has 8 heteroatoms. The summed E-state index contributed by atoms with van der Waals surface area (Å²) in [4.78, 5) is 13.6. The number of nitrogens with zero attached hydrogens (tertiary/aromatic N) is 5. The number of hydrogen-bond acceptors (Lipinski definition) is 6. The Hall–Kier alpha value is -5.49. The molecule has 4 aromatic heterocycles. The molecule has 0 aliphatic carbocycles. The summed E-state index contributed by atoms with van der Waals surface area (Å²) in [5, 5.41) is 4.80. The third-order valence-corrected chi connectivity index (χ3v) is 10.9. The Bertz CT molecular complexity index is 2840. The fraction of sp³-hybridized carbons (Fsp3) is 0.0889. The molecule has 0 N–H and O–H groups in total. The fourth-order valence-electron chi connectivity index (χ4n) is 7.20. The van der Waals surface area contributed by atoms with Crippen LogP contribution in [0.3, 0.4) is 0 Å². The number of hydrogen-bond donors (Lipinski definition) is 0. The summed E-state index contributed by atoms with van der Waals surface area (Å²) in [6.07, 6.45) is 5.63. The minimum Gasteiger partial charge on any atom is -0.509 e. The summed E-state index contributed by atoms with van der Waals surface area (Å²) in [6.45, 7) is 8.77. The summed E-state index contributed by atoms with van der Waals surface area (Å²) in [5.74, 6) is 2.05. The van der Waals surface area contributed by atoms with Crippen molar-refractivity contribution in [2.24, 2.45) is 0 Å². The topological polar surface area (TPSA) is 46.4 Å². The van der Waals surface area contributed by atoms with Crippen LogP contribution in [0.4, 0.5) is 22.7 Å². The van der Waals surface area contributed by atoms with E-state index in [1.165, 1.54) is 25.7 Å². The fourth-order valence-corrected chi connectivity index (χ4v) is 8.34. The quantitative estimate of drug-likeness (QED) is 0.161. The number of ether oxygens (including phenoxy) is 1. The molecule has 262 valence electrons. The maximum atomic E-state index is 6.52. The van der Waals surface area contributed by atoms with Crippen LogP contribution in [0.5, 0.6) is 11.5 Å². The first-order chi connectivity index (χ1) is 25.4. The molecule has 1 aliphatic heterocycles. The van der Waals surface area contributed by atoms with E-state index in [-0.39, 0.29) is 26.5 Å². The van der Waals surface area contributed by atoms with Crippen LogP contribution in [0.15, 0.2) is 134 Å². The Morgan fingerprint density at radius 2 is 1.47 bits per heavy atom. The first kappa shape index (κ1) is 33.4. The van der Waals surface area contributed by atoms with Crippen molar-refractivity contribution in [1.82, 2.24) is 14.5 Å². The molecule has 6 nitrogen and oxygen atoms in total. The molecule has 5 heterocycles. The van der Waals surface area contributed by atoms with E-state index in [1.54, 1.807) is 0 Å². The number of pyridine rings is 2. The van der Waals surface area contributed by atoms with Gasteiger partial charge in [0.1, 0.15) is 5.82 Å². The Labute approximate surface area is 326 Å². The van der Waals surface area contributed by atoms with E-state index in [1.807, 2.05) is 60.3 Å². The Kier molecular flexibility index (Phi) is 8.10. The summed E-state index contributed by atoms with van der Waals surface area (Å²) in [5.41, 5.74) is 7.14. The van der Waals surface area contributed by atoms with Crippen molar-refractivity contribution in [1.29, 1.82) is 0 Å². The summed E-state index contributed by atoms with van der Waals surface area (Å²) >= 11 is 1.82. The Morgan fingerprint density at radius 3 is 2.36 bits per heavy atom. The van der Waals surface area contributed by atoms with E-state index in [0.717, 1.165) is 50.4 Å². The van der Waals surface area contributed by atoms with Crippen molar-refractivity contribution < 1.29 is 25.8 Å². The van der Waals surface area contributed by atoms with E-state index < -0.39 is 0 Å². The third kappa shape index (κ3) is 5.67. The maximum Gasteiger partial charge on any atom is 0.135 e. The van der Waals surface area contributed by atoms with Gasteiger partial charge in [-0.1, -0.05) is 68.8 Å². The molecule has 1 aliphatic rings. The standard InChI is InChI=1S/C45H32N5OS.Pt/c1-45(2,3)29-19-22-47-44(23-29)50-38-13-6-4-11-34(38)35-18-16-33(26-40(35)50)51-32-10-8-9-30(24-32)48-28-49(41-27-46-21-20-39(41)48)31-15-17-37-36-12-5-7-14-42(36)52-43(37)25-31;/h4-23,25,27-28H,1-3H3;/q-3;. The minimum atomic E-state index is -0.0110. The molecule has 0 fully saturated rings. The molecule has 5 aromatic carbocycles. The van der Waals surface area contributed by atoms with Gasteiger partial charge in [0.15, 0.2) is 0 Å². The van der Waals surface area contributed by atoms with Gasteiger partial charge in [0.25, 0.3) is 0 Å². The van der Waals surface area contributed by atoms with Crippen molar-refractivity contribution in [2.75, 3.05) is 9.80 Å². The molecule has 53 heavy (non-hydrogen) atoms. The second-order valence-electron chi connectivity index (χ2n) is 14.1. The molecule has 9 aromatic rings. The molecular weight excluding hydrogens is 854 g/mol. The number of aromatic nitrogens is 3. The number of anilines is 4. The van der Waals surface area contributed by atoms with Gasteiger partial charge in [0.2, 0.25) is 0 Å². The number of thiophene rings is 1. The molecule has 0 saturated heterocycles. The van der Waals surface area contributed by atoms with Crippen molar-refractivity contribution in [3.63, 3.8) is 0 Å². The maximum absolute atomic E-state index is 6.52. The number of rotatable bonds is 5. The van der Waals surface area contributed by atoms with Gasteiger partial charge in [-0.25, -0.2) is 4.98 Å². The van der Waals surface area contributed by atoms with Gasteiger partial charge in [0, 0.05) is 82.0 Å². The zero-order chi connectivity index (χ0) is 35.0. The van der Waals surface area contributed by atoms with E-state index in [9.17, 15) is 0 Å². The summed E-state index contributed by atoms with van der Waals surface area (Å²) in [7, 11) is 0. The van der Waals surface area contributed by atoms with Crippen molar-refractivity contribution in [3.05, 3.63) is 158 Å². The predicted molar refractivity (Wildman–Crippen MR) is 214 cm³/mol. The van der Waals surface area contributed by atoms with Gasteiger partial charge >= 0.3 is 0 Å².